The number of hydrogen-bond donors (Lipinski definition) is 1. The van der Waals surface area contributed by atoms with Gasteiger partial charge in [-0.1, -0.05) is 25.4 Å². The topological polar surface area (TPSA) is 39.1 Å². The van der Waals surface area contributed by atoms with E-state index in [1.165, 1.54) is 18.0 Å². The summed E-state index contributed by atoms with van der Waals surface area (Å²) in [5.41, 5.74) is -0.621. The van der Waals surface area contributed by atoms with Crippen molar-refractivity contribution in [3.05, 3.63) is 11.2 Å². The molecule has 0 radical (unpaired) electrons. The Kier molecular flexibility index (Phi) is 3.71. The molecule has 0 saturated carbocycles. The molecule has 2 aliphatic rings. The number of hydrogen-bond acceptors (Lipinski definition) is 4. The summed E-state index contributed by atoms with van der Waals surface area (Å²) in [6.07, 6.45) is -4.21. The highest BCUT2D eigenvalue weighted by atomic mass is 35.5. The standard InChI is InChI=1S/C12H17ClF3N3O/c1-11(2)5-7(12(14,15)16)18(3)10-17-8(13)4-9(20)19(10)6-11/h4,7,9,20H,5-6H2,1-3H3. The number of rotatable bonds is 0. The van der Waals surface area contributed by atoms with Crippen LogP contribution in [0.25, 0.3) is 0 Å². The predicted molar refractivity (Wildman–Crippen MR) is 70.1 cm³/mol. The van der Waals surface area contributed by atoms with Crippen LogP contribution in [-0.2, 0) is 0 Å². The molecule has 0 aliphatic carbocycles. The molecule has 1 saturated heterocycles. The van der Waals surface area contributed by atoms with Crippen LogP contribution in [-0.4, -0.2) is 52.9 Å². The maximum atomic E-state index is 13.2. The molecule has 2 heterocycles. The second kappa shape index (κ2) is 4.80. The lowest BCUT2D eigenvalue weighted by molar-refractivity contribution is -0.176. The number of fused-ring (bicyclic) bond motifs is 1. The minimum absolute atomic E-state index is 0.00349. The molecular formula is C12H17ClF3N3O. The summed E-state index contributed by atoms with van der Waals surface area (Å²) < 4.78 is 39.7. The molecule has 0 aromatic rings. The molecule has 2 rings (SSSR count). The van der Waals surface area contributed by atoms with E-state index in [0.717, 1.165) is 4.90 Å². The lowest BCUT2D eigenvalue weighted by Crippen LogP contribution is -2.53. The largest absolute Gasteiger partial charge is 0.408 e. The third-order valence-corrected chi connectivity index (χ3v) is 3.79. The molecule has 1 N–H and O–H groups in total. The lowest BCUT2D eigenvalue weighted by atomic mass is 9.85. The Morgan fingerprint density at radius 3 is 2.60 bits per heavy atom. The molecule has 0 bridgehead atoms. The average molecular weight is 312 g/mol. The van der Waals surface area contributed by atoms with Crippen molar-refractivity contribution in [2.24, 2.45) is 10.4 Å². The average Bonchev–Trinajstić information content (AvgIpc) is 2.36. The number of guanidine groups is 1. The minimum Gasteiger partial charge on any atom is -0.370 e. The fraction of sp³-hybridized carbons (Fsp3) is 0.750. The molecule has 20 heavy (non-hydrogen) atoms. The van der Waals surface area contributed by atoms with Gasteiger partial charge in [-0.05, 0) is 11.8 Å². The Bertz CT molecular complexity index is 461. The molecule has 0 amide bonds. The van der Waals surface area contributed by atoms with Crippen LogP contribution in [0, 0.1) is 5.41 Å². The molecule has 114 valence electrons. The van der Waals surface area contributed by atoms with E-state index in [-0.39, 0.29) is 24.1 Å². The second-order valence-electron chi connectivity index (χ2n) is 5.98. The maximum absolute atomic E-state index is 13.2. The van der Waals surface area contributed by atoms with E-state index in [1.807, 2.05) is 0 Å². The predicted octanol–water partition coefficient (Wildman–Crippen LogP) is 2.35. The monoisotopic (exact) mass is 311 g/mol. The van der Waals surface area contributed by atoms with Crippen LogP contribution in [0.5, 0.6) is 0 Å². The van der Waals surface area contributed by atoms with Crippen molar-refractivity contribution < 1.29 is 18.3 Å². The van der Waals surface area contributed by atoms with Crippen molar-refractivity contribution in [1.82, 2.24) is 9.80 Å². The van der Waals surface area contributed by atoms with Crippen LogP contribution in [0.3, 0.4) is 0 Å². The van der Waals surface area contributed by atoms with Gasteiger partial charge in [-0.2, -0.15) is 13.2 Å². The highest BCUT2D eigenvalue weighted by Gasteiger charge is 2.50. The summed E-state index contributed by atoms with van der Waals surface area (Å²) >= 11 is 5.76. The molecular weight excluding hydrogens is 295 g/mol. The van der Waals surface area contributed by atoms with E-state index in [0.29, 0.717) is 0 Å². The van der Waals surface area contributed by atoms with Crippen molar-refractivity contribution in [2.45, 2.75) is 38.7 Å². The lowest BCUT2D eigenvalue weighted by Gasteiger charge is -2.37. The number of alkyl halides is 3. The van der Waals surface area contributed by atoms with Crippen molar-refractivity contribution >= 4 is 17.6 Å². The van der Waals surface area contributed by atoms with Crippen LogP contribution in [0.15, 0.2) is 16.2 Å². The van der Waals surface area contributed by atoms with Gasteiger partial charge in [0, 0.05) is 19.7 Å². The summed E-state index contributed by atoms with van der Waals surface area (Å²) in [4.78, 5) is 6.45. The smallest absolute Gasteiger partial charge is 0.370 e. The van der Waals surface area contributed by atoms with E-state index in [2.05, 4.69) is 4.99 Å². The van der Waals surface area contributed by atoms with Crippen molar-refractivity contribution in [3.8, 4) is 0 Å². The molecule has 8 heteroatoms. The molecule has 2 atom stereocenters. The van der Waals surface area contributed by atoms with E-state index in [9.17, 15) is 18.3 Å². The first-order valence-electron chi connectivity index (χ1n) is 6.21. The molecule has 4 nitrogen and oxygen atoms in total. The van der Waals surface area contributed by atoms with E-state index in [4.69, 9.17) is 11.6 Å². The van der Waals surface area contributed by atoms with Crippen molar-refractivity contribution in [2.75, 3.05) is 13.6 Å². The van der Waals surface area contributed by atoms with E-state index in [1.54, 1.807) is 13.8 Å². The third kappa shape index (κ3) is 2.88. The normalized spacial score (nSPS) is 30.4. The summed E-state index contributed by atoms with van der Waals surface area (Å²) in [6.45, 7) is 3.76. The van der Waals surface area contributed by atoms with Gasteiger partial charge in [-0.25, -0.2) is 4.99 Å². The highest BCUT2D eigenvalue weighted by molar-refractivity contribution is 6.30. The molecule has 2 unspecified atom stereocenters. The summed E-state index contributed by atoms with van der Waals surface area (Å²) in [6, 6.07) is -1.66. The zero-order valence-corrected chi connectivity index (χ0v) is 12.2. The quantitative estimate of drug-likeness (QED) is 0.698. The van der Waals surface area contributed by atoms with Gasteiger partial charge in [0.25, 0.3) is 0 Å². The Morgan fingerprint density at radius 1 is 1.45 bits per heavy atom. The van der Waals surface area contributed by atoms with Gasteiger partial charge >= 0.3 is 6.18 Å². The minimum atomic E-state index is -4.37. The van der Waals surface area contributed by atoms with Gasteiger partial charge in [0.2, 0.25) is 5.96 Å². The Hall–Kier alpha value is -0.950. The van der Waals surface area contributed by atoms with Gasteiger partial charge in [0.1, 0.15) is 11.2 Å². The van der Waals surface area contributed by atoms with Crippen molar-refractivity contribution in [1.29, 1.82) is 0 Å². The number of nitrogens with zero attached hydrogens (tertiary/aromatic N) is 3. The second-order valence-corrected chi connectivity index (χ2v) is 6.37. The molecule has 2 aliphatic heterocycles. The van der Waals surface area contributed by atoms with Gasteiger partial charge in [0.15, 0.2) is 6.23 Å². The first kappa shape index (κ1) is 15.4. The van der Waals surface area contributed by atoms with Crippen LogP contribution in [0.1, 0.15) is 20.3 Å². The zero-order chi connectivity index (χ0) is 15.3. The first-order chi connectivity index (χ1) is 9.01. The van der Waals surface area contributed by atoms with Crippen LogP contribution >= 0.6 is 11.6 Å². The van der Waals surface area contributed by atoms with Gasteiger partial charge in [-0.3, -0.25) is 0 Å². The van der Waals surface area contributed by atoms with Gasteiger partial charge in [0.05, 0.1) is 0 Å². The van der Waals surface area contributed by atoms with Crippen LogP contribution in [0.2, 0.25) is 0 Å². The van der Waals surface area contributed by atoms with Crippen LogP contribution < -0.4 is 0 Å². The molecule has 0 spiro atoms. The molecule has 0 aromatic heterocycles. The first-order valence-corrected chi connectivity index (χ1v) is 6.59. The molecule has 0 aromatic carbocycles. The van der Waals surface area contributed by atoms with Crippen LogP contribution in [0.4, 0.5) is 13.2 Å². The maximum Gasteiger partial charge on any atom is 0.408 e. The Morgan fingerprint density at radius 2 is 2.05 bits per heavy atom. The highest BCUT2D eigenvalue weighted by Crippen LogP contribution is 2.39. The summed E-state index contributed by atoms with van der Waals surface area (Å²) in [5.74, 6) is 0.0536. The Balaban J connectivity index is 2.46. The SMILES string of the molecule is CN1C2=NC(Cl)=CC(O)N2CC(C)(C)CC1C(F)(F)F. The summed E-state index contributed by atoms with van der Waals surface area (Å²) in [7, 11) is 1.33. The number of aliphatic hydroxyl groups excluding tert-OH is 1. The Labute approximate surface area is 120 Å². The van der Waals surface area contributed by atoms with Gasteiger partial charge < -0.3 is 14.9 Å². The fourth-order valence-electron chi connectivity index (χ4n) is 2.63. The van der Waals surface area contributed by atoms with E-state index >= 15 is 0 Å². The van der Waals surface area contributed by atoms with Crippen molar-refractivity contribution in [3.63, 3.8) is 0 Å². The fourth-order valence-corrected chi connectivity index (χ4v) is 2.82. The van der Waals surface area contributed by atoms with Gasteiger partial charge in [-0.15, -0.1) is 0 Å². The number of aliphatic imine (C=N–C) groups is 1. The summed E-state index contributed by atoms with van der Waals surface area (Å²) in [5, 5.41) is 10.0. The zero-order valence-electron chi connectivity index (χ0n) is 11.4. The van der Waals surface area contributed by atoms with E-state index < -0.39 is 23.9 Å². The third-order valence-electron chi connectivity index (χ3n) is 3.57. The number of halogens is 4. The number of aliphatic hydroxyl groups is 1. The molecule has 1 fully saturated rings.